The van der Waals surface area contributed by atoms with E-state index in [1.165, 1.54) is 17.0 Å². The topological polar surface area (TPSA) is 59.0 Å². The van der Waals surface area contributed by atoms with Gasteiger partial charge in [-0.1, -0.05) is 0 Å². The molecule has 0 aliphatic carbocycles. The summed E-state index contributed by atoms with van der Waals surface area (Å²) in [5, 5.41) is 9.14. The highest BCUT2D eigenvalue weighted by Gasteiger charge is 2.10. The Hall–Kier alpha value is -1.59. The molecule has 94 valence electrons. The van der Waals surface area contributed by atoms with Crippen LogP contribution in [-0.4, -0.2) is 45.0 Å². The van der Waals surface area contributed by atoms with Crippen LogP contribution in [0.25, 0.3) is 0 Å². The number of benzene rings is 1. The number of likely N-dealkylation sites (N-methyl/N-ethyl adjacent to an activating group) is 1. The van der Waals surface area contributed by atoms with Crippen molar-refractivity contribution in [2.24, 2.45) is 0 Å². The number of hydrogen-bond acceptors (Lipinski definition) is 4. The molecule has 5 heteroatoms. The van der Waals surface area contributed by atoms with Gasteiger partial charge in [-0.3, -0.25) is 4.79 Å². The Kier molecular flexibility index (Phi) is 5.45. The molecule has 0 bridgehead atoms. The molecule has 1 aromatic carbocycles. The quantitative estimate of drug-likeness (QED) is 0.753. The Bertz CT molecular complexity index is 350. The van der Waals surface area contributed by atoms with Gasteiger partial charge in [-0.25, -0.2) is 0 Å². The zero-order valence-corrected chi connectivity index (χ0v) is 10.0. The van der Waals surface area contributed by atoms with Crippen molar-refractivity contribution in [3.63, 3.8) is 0 Å². The SMILES string of the molecule is COCCOCC(=O)N(C)c1ccc(O)cc1. The van der Waals surface area contributed by atoms with Gasteiger partial charge in [0.2, 0.25) is 0 Å². The molecule has 5 nitrogen and oxygen atoms in total. The fraction of sp³-hybridized carbons (Fsp3) is 0.417. The van der Waals surface area contributed by atoms with Gasteiger partial charge >= 0.3 is 0 Å². The Morgan fingerprint density at radius 2 is 1.94 bits per heavy atom. The minimum absolute atomic E-state index is 0.0146. The molecule has 0 saturated carbocycles. The van der Waals surface area contributed by atoms with E-state index in [0.717, 1.165) is 0 Å². The standard InChI is InChI=1S/C12H17NO4/c1-13(10-3-5-11(14)6-4-10)12(15)9-17-8-7-16-2/h3-6,14H,7-9H2,1-2H3. The second-order valence-electron chi connectivity index (χ2n) is 3.51. The fourth-order valence-corrected chi connectivity index (χ4v) is 1.22. The van der Waals surface area contributed by atoms with E-state index in [0.29, 0.717) is 18.9 Å². The Labute approximate surface area is 101 Å². The summed E-state index contributed by atoms with van der Waals surface area (Å²) in [7, 11) is 3.24. The van der Waals surface area contributed by atoms with E-state index in [1.54, 1.807) is 26.3 Å². The number of carbonyl (C=O) groups is 1. The van der Waals surface area contributed by atoms with Gasteiger partial charge in [0, 0.05) is 19.8 Å². The molecule has 1 N–H and O–H groups in total. The summed E-state index contributed by atoms with van der Waals surface area (Å²) >= 11 is 0. The van der Waals surface area contributed by atoms with Crippen LogP contribution >= 0.6 is 0 Å². The minimum atomic E-state index is -0.146. The molecular weight excluding hydrogens is 222 g/mol. The number of carbonyl (C=O) groups excluding carboxylic acids is 1. The predicted octanol–water partition coefficient (Wildman–Crippen LogP) is 1.02. The molecule has 1 rings (SSSR count). The van der Waals surface area contributed by atoms with E-state index < -0.39 is 0 Å². The monoisotopic (exact) mass is 239 g/mol. The van der Waals surface area contributed by atoms with Gasteiger partial charge in [0.15, 0.2) is 0 Å². The molecule has 17 heavy (non-hydrogen) atoms. The maximum Gasteiger partial charge on any atom is 0.252 e. The van der Waals surface area contributed by atoms with Gasteiger partial charge in [0.1, 0.15) is 12.4 Å². The van der Waals surface area contributed by atoms with E-state index in [1.807, 2.05) is 0 Å². The van der Waals surface area contributed by atoms with Crippen LogP contribution < -0.4 is 4.90 Å². The summed E-state index contributed by atoms with van der Waals surface area (Å²) in [6, 6.07) is 6.40. The third-order valence-electron chi connectivity index (χ3n) is 2.27. The van der Waals surface area contributed by atoms with E-state index in [4.69, 9.17) is 14.6 Å². The van der Waals surface area contributed by atoms with Crippen molar-refractivity contribution in [1.82, 2.24) is 0 Å². The largest absolute Gasteiger partial charge is 0.508 e. The van der Waals surface area contributed by atoms with Gasteiger partial charge in [-0.05, 0) is 24.3 Å². The molecule has 0 saturated heterocycles. The normalized spacial score (nSPS) is 10.2. The van der Waals surface area contributed by atoms with Crippen LogP contribution in [0.2, 0.25) is 0 Å². The van der Waals surface area contributed by atoms with Gasteiger partial charge in [0.25, 0.3) is 5.91 Å². The number of phenolic OH excluding ortho intramolecular Hbond substituents is 1. The molecule has 1 amide bonds. The van der Waals surface area contributed by atoms with Crippen LogP contribution in [0.4, 0.5) is 5.69 Å². The Balaban J connectivity index is 2.43. The molecular formula is C12H17NO4. The number of nitrogens with zero attached hydrogens (tertiary/aromatic N) is 1. The number of phenols is 1. The first-order valence-corrected chi connectivity index (χ1v) is 5.27. The van der Waals surface area contributed by atoms with Crippen LogP contribution in [-0.2, 0) is 14.3 Å². The maximum absolute atomic E-state index is 11.7. The van der Waals surface area contributed by atoms with E-state index in [2.05, 4.69) is 0 Å². The van der Waals surface area contributed by atoms with Crippen molar-refractivity contribution in [1.29, 1.82) is 0 Å². The number of anilines is 1. The summed E-state index contributed by atoms with van der Waals surface area (Å²) in [5.41, 5.74) is 0.711. The van der Waals surface area contributed by atoms with E-state index >= 15 is 0 Å². The van der Waals surface area contributed by atoms with Gasteiger partial charge < -0.3 is 19.5 Å². The third kappa shape index (κ3) is 4.42. The molecule has 0 aliphatic heterocycles. The first kappa shape index (κ1) is 13.5. The number of methoxy groups -OCH3 is 1. The predicted molar refractivity (Wildman–Crippen MR) is 64.2 cm³/mol. The first-order chi connectivity index (χ1) is 8.15. The van der Waals surface area contributed by atoms with Gasteiger partial charge in [-0.2, -0.15) is 0 Å². The Morgan fingerprint density at radius 3 is 2.53 bits per heavy atom. The van der Waals surface area contributed by atoms with Crippen LogP contribution in [0.1, 0.15) is 0 Å². The zero-order chi connectivity index (χ0) is 12.7. The molecule has 0 heterocycles. The van der Waals surface area contributed by atoms with Crippen LogP contribution in [0, 0.1) is 0 Å². The van der Waals surface area contributed by atoms with Crippen molar-refractivity contribution in [2.75, 3.05) is 38.9 Å². The summed E-state index contributed by atoms with van der Waals surface area (Å²) < 4.78 is 9.94. The number of hydrogen-bond donors (Lipinski definition) is 1. The summed E-state index contributed by atoms with van der Waals surface area (Å²) in [5.74, 6) is 0.0257. The molecule has 0 spiro atoms. The van der Waals surface area contributed by atoms with Crippen LogP contribution in [0.15, 0.2) is 24.3 Å². The number of amides is 1. The minimum Gasteiger partial charge on any atom is -0.508 e. The summed E-state index contributed by atoms with van der Waals surface area (Å²) in [6.45, 7) is 0.878. The van der Waals surface area contributed by atoms with Crippen molar-refractivity contribution in [3.8, 4) is 5.75 Å². The average molecular weight is 239 g/mol. The lowest BCUT2D eigenvalue weighted by Gasteiger charge is -2.17. The Morgan fingerprint density at radius 1 is 1.29 bits per heavy atom. The van der Waals surface area contributed by atoms with Crippen LogP contribution in [0.3, 0.4) is 0 Å². The highest BCUT2D eigenvalue weighted by Crippen LogP contribution is 2.17. The lowest BCUT2D eigenvalue weighted by molar-refractivity contribution is -0.123. The van der Waals surface area contributed by atoms with Crippen molar-refractivity contribution < 1.29 is 19.4 Å². The molecule has 0 radical (unpaired) electrons. The highest BCUT2D eigenvalue weighted by molar-refractivity contribution is 5.93. The second-order valence-corrected chi connectivity index (χ2v) is 3.51. The first-order valence-electron chi connectivity index (χ1n) is 5.27. The zero-order valence-electron chi connectivity index (χ0n) is 10.0. The van der Waals surface area contributed by atoms with Crippen molar-refractivity contribution >= 4 is 11.6 Å². The average Bonchev–Trinajstić information content (AvgIpc) is 2.34. The lowest BCUT2D eigenvalue weighted by atomic mass is 10.3. The smallest absolute Gasteiger partial charge is 0.252 e. The number of aromatic hydroxyl groups is 1. The molecule has 0 unspecified atom stereocenters. The summed E-state index contributed by atoms with van der Waals surface area (Å²) in [6.07, 6.45) is 0. The maximum atomic E-state index is 11.7. The second kappa shape index (κ2) is 6.88. The highest BCUT2D eigenvalue weighted by atomic mass is 16.5. The fourth-order valence-electron chi connectivity index (χ4n) is 1.22. The number of rotatable bonds is 6. The molecule has 0 atom stereocenters. The lowest BCUT2D eigenvalue weighted by Crippen LogP contribution is -2.30. The summed E-state index contributed by atoms with van der Waals surface area (Å²) in [4.78, 5) is 13.2. The third-order valence-corrected chi connectivity index (χ3v) is 2.27. The molecule has 0 fully saturated rings. The van der Waals surface area contributed by atoms with E-state index in [-0.39, 0.29) is 18.3 Å². The molecule has 1 aromatic rings. The molecule has 0 aromatic heterocycles. The van der Waals surface area contributed by atoms with Gasteiger partial charge in [0.05, 0.1) is 13.2 Å². The van der Waals surface area contributed by atoms with Crippen molar-refractivity contribution in [3.05, 3.63) is 24.3 Å². The van der Waals surface area contributed by atoms with Crippen LogP contribution in [0.5, 0.6) is 5.75 Å². The van der Waals surface area contributed by atoms with Gasteiger partial charge in [-0.15, -0.1) is 0 Å². The number of ether oxygens (including phenoxy) is 2. The molecule has 0 aliphatic rings. The van der Waals surface area contributed by atoms with E-state index in [9.17, 15) is 4.79 Å². The van der Waals surface area contributed by atoms with Crippen molar-refractivity contribution in [2.45, 2.75) is 0 Å².